The summed E-state index contributed by atoms with van der Waals surface area (Å²) in [6.07, 6.45) is 6.24. The van der Waals surface area contributed by atoms with Gasteiger partial charge in [-0.05, 0) is 30.7 Å². The van der Waals surface area contributed by atoms with Crippen LogP contribution in [0.25, 0.3) is 10.9 Å². The lowest BCUT2D eigenvalue weighted by atomic mass is 9.77. The quantitative estimate of drug-likeness (QED) is 0.876. The number of benzene rings is 1. The van der Waals surface area contributed by atoms with Gasteiger partial charge in [-0.3, -0.25) is 4.98 Å². The van der Waals surface area contributed by atoms with Crippen LogP contribution in [0.1, 0.15) is 44.3 Å². The minimum Gasteiger partial charge on any atom is -0.388 e. The van der Waals surface area contributed by atoms with E-state index in [0.717, 1.165) is 35.2 Å². The molecule has 3 atom stereocenters. The number of aliphatic hydroxyl groups excluding tert-OH is 1. The van der Waals surface area contributed by atoms with Crippen molar-refractivity contribution in [2.45, 2.75) is 38.7 Å². The number of fused-ring (bicyclic) bond motifs is 1. The fraction of sp³-hybridized carbons (Fsp3) is 0.471. The fourth-order valence-electron chi connectivity index (χ4n) is 3.39. The third-order valence-electron chi connectivity index (χ3n) is 4.41. The number of hydrogen-bond donors (Lipinski definition) is 1. The summed E-state index contributed by atoms with van der Waals surface area (Å²) in [5.41, 5.74) is 1.95. The van der Waals surface area contributed by atoms with Crippen molar-refractivity contribution in [3.05, 3.63) is 42.1 Å². The van der Waals surface area contributed by atoms with Crippen LogP contribution < -0.4 is 0 Å². The monoisotopic (exact) mass is 255 g/mol. The van der Waals surface area contributed by atoms with Crippen LogP contribution in [0, 0.1) is 11.8 Å². The van der Waals surface area contributed by atoms with Crippen molar-refractivity contribution in [3.63, 3.8) is 0 Å². The van der Waals surface area contributed by atoms with Crippen molar-refractivity contribution in [2.75, 3.05) is 0 Å². The first-order chi connectivity index (χ1) is 9.25. The molecule has 2 nitrogen and oxygen atoms in total. The Balaban J connectivity index is 1.95. The normalized spacial score (nSPS) is 25.4. The molecule has 1 heterocycles. The van der Waals surface area contributed by atoms with Crippen LogP contribution in [0.3, 0.4) is 0 Å². The second-order valence-corrected chi connectivity index (χ2v) is 5.90. The molecule has 0 amide bonds. The van der Waals surface area contributed by atoms with E-state index in [1.807, 2.05) is 24.4 Å². The second-order valence-electron chi connectivity index (χ2n) is 5.90. The van der Waals surface area contributed by atoms with Crippen LogP contribution in [0.4, 0.5) is 0 Å². The van der Waals surface area contributed by atoms with Crippen LogP contribution in [0.5, 0.6) is 0 Å². The van der Waals surface area contributed by atoms with E-state index in [4.69, 9.17) is 0 Å². The largest absolute Gasteiger partial charge is 0.388 e. The van der Waals surface area contributed by atoms with Crippen LogP contribution in [0.15, 0.2) is 36.5 Å². The van der Waals surface area contributed by atoms with Crippen molar-refractivity contribution in [2.24, 2.45) is 11.8 Å². The summed E-state index contributed by atoms with van der Waals surface area (Å²) in [4.78, 5) is 4.46. The Kier molecular flexibility index (Phi) is 3.52. The Morgan fingerprint density at radius 2 is 2.05 bits per heavy atom. The molecule has 3 unspecified atom stereocenters. The molecular weight excluding hydrogens is 234 g/mol. The van der Waals surface area contributed by atoms with Gasteiger partial charge in [0.2, 0.25) is 0 Å². The first-order valence-electron chi connectivity index (χ1n) is 7.27. The molecule has 0 radical (unpaired) electrons. The highest BCUT2D eigenvalue weighted by Gasteiger charge is 2.27. The molecule has 19 heavy (non-hydrogen) atoms. The van der Waals surface area contributed by atoms with E-state index >= 15 is 0 Å². The summed E-state index contributed by atoms with van der Waals surface area (Å²) < 4.78 is 0. The third kappa shape index (κ3) is 2.50. The standard InChI is InChI=1S/C17H21NO/c1-12-5-2-7-14(11-12)17(19)15-9-3-6-13-8-4-10-18-16(13)15/h3-4,6,8-10,12,14,17,19H,2,5,7,11H2,1H3. The lowest BCUT2D eigenvalue weighted by Gasteiger charge is -2.30. The van der Waals surface area contributed by atoms with Gasteiger partial charge in [0, 0.05) is 17.1 Å². The highest BCUT2D eigenvalue weighted by molar-refractivity contribution is 5.81. The van der Waals surface area contributed by atoms with Crippen molar-refractivity contribution in [1.82, 2.24) is 4.98 Å². The van der Waals surface area contributed by atoms with Crippen molar-refractivity contribution < 1.29 is 5.11 Å². The molecule has 2 aromatic rings. The molecule has 2 heteroatoms. The number of para-hydroxylation sites is 1. The molecular formula is C17H21NO. The van der Waals surface area contributed by atoms with Crippen LogP contribution in [-0.4, -0.2) is 10.1 Å². The van der Waals surface area contributed by atoms with Gasteiger partial charge in [0.1, 0.15) is 0 Å². The molecule has 0 saturated heterocycles. The van der Waals surface area contributed by atoms with E-state index in [2.05, 4.69) is 24.0 Å². The van der Waals surface area contributed by atoms with Gasteiger partial charge in [-0.1, -0.05) is 44.0 Å². The Morgan fingerprint density at radius 3 is 2.89 bits per heavy atom. The Labute approximate surface area is 114 Å². The summed E-state index contributed by atoms with van der Waals surface area (Å²) in [5.74, 6) is 1.12. The Morgan fingerprint density at radius 1 is 1.21 bits per heavy atom. The molecule has 3 rings (SSSR count). The van der Waals surface area contributed by atoms with E-state index in [1.54, 1.807) is 0 Å². The molecule has 1 N–H and O–H groups in total. The van der Waals surface area contributed by atoms with Gasteiger partial charge in [0.05, 0.1) is 11.6 Å². The highest BCUT2D eigenvalue weighted by atomic mass is 16.3. The molecule has 1 aromatic heterocycles. The molecule has 100 valence electrons. The molecule has 1 fully saturated rings. The first kappa shape index (κ1) is 12.6. The van der Waals surface area contributed by atoms with Gasteiger partial charge in [-0.25, -0.2) is 0 Å². The van der Waals surface area contributed by atoms with Crippen molar-refractivity contribution in [1.29, 1.82) is 0 Å². The van der Waals surface area contributed by atoms with Gasteiger partial charge in [0.25, 0.3) is 0 Å². The SMILES string of the molecule is CC1CCCC(C(O)c2cccc3cccnc23)C1. The number of aromatic nitrogens is 1. The minimum atomic E-state index is -0.374. The van der Waals surface area contributed by atoms with E-state index in [-0.39, 0.29) is 6.10 Å². The first-order valence-corrected chi connectivity index (χ1v) is 7.27. The molecule has 1 aliphatic rings. The molecule has 1 aliphatic carbocycles. The van der Waals surface area contributed by atoms with Gasteiger partial charge in [-0.15, -0.1) is 0 Å². The zero-order valence-electron chi connectivity index (χ0n) is 11.4. The fourth-order valence-corrected chi connectivity index (χ4v) is 3.39. The number of aliphatic hydroxyl groups is 1. The van der Waals surface area contributed by atoms with E-state index in [0.29, 0.717) is 5.92 Å². The summed E-state index contributed by atoms with van der Waals surface area (Å²) in [6, 6.07) is 10.1. The molecule has 1 saturated carbocycles. The number of rotatable bonds is 2. The van der Waals surface area contributed by atoms with Gasteiger partial charge >= 0.3 is 0 Å². The van der Waals surface area contributed by atoms with Gasteiger partial charge in [-0.2, -0.15) is 0 Å². The number of pyridine rings is 1. The van der Waals surface area contributed by atoms with Crippen LogP contribution in [0.2, 0.25) is 0 Å². The molecule has 0 aliphatic heterocycles. The van der Waals surface area contributed by atoms with Crippen molar-refractivity contribution >= 4 is 10.9 Å². The maximum absolute atomic E-state index is 10.7. The van der Waals surface area contributed by atoms with E-state index in [9.17, 15) is 5.11 Å². The smallest absolute Gasteiger partial charge is 0.0839 e. The van der Waals surface area contributed by atoms with E-state index in [1.165, 1.54) is 12.8 Å². The molecule has 0 bridgehead atoms. The maximum atomic E-state index is 10.7. The predicted molar refractivity (Wildman–Crippen MR) is 77.8 cm³/mol. The summed E-state index contributed by atoms with van der Waals surface area (Å²) in [6.45, 7) is 2.29. The average Bonchev–Trinajstić information content (AvgIpc) is 2.46. The minimum absolute atomic E-state index is 0.374. The zero-order chi connectivity index (χ0) is 13.2. The zero-order valence-corrected chi connectivity index (χ0v) is 11.4. The number of nitrogens with zero attached hydrogens (tertiary/aromatic N) is 1. The summed E-state index contributed by atoms with van der Waals surface area (Å²) in [5, 5.41) is 11.8. The Hall–Kier alpha value is -1.41. The third-order valence-corrected chi connectivity index (χ3v) is 4.41. The second kappa shape index (κ2) is 5.30. The summed E-state index contributed by atoms with van der Waals surface area (Å²) in [7, 11) is 0. The predicted octanol–water partition coefficient (Wildman–Crippen LogP) is 4.09. The number of hydrogen-bond acceptors (Lipinski definition) is 2. The van der Waals surface area contributed by atoms with Gasteiger partial charge in [0.15, 0.2) is 0 Å². The van der Waals surface area contributed by atoms with Gasteiger partial charge < -0.3 is 5.11 Å². The maximum Gasteiger partial charge on any atom is 0.0839 e. The Bertz CT molecular complexity index is 561. The lowest BCUT2D eigenvalue weighted by molar-refractivity contribution is 0.0724. The lowest BCUT2D eigenvalue weighted by Crippen LogP contribution is -2.20. The van der Waals surface area contributed by atoms with Crippen LogP contribution >= 0.6 is 0 Å². The highest BCUT2D eigenvalue weighted by Crippen LogP contribution is 2.38. The van der Waals surface area contributed by atoms with E-state index < -0.39 is 0 Å². The molecule has 1 aromatic carbocycles. The summed E-state index contributed by atoms with van der Waals surface area (Å²) >= 11 is 0. The molecule has 0 spiro atoms. The van der Waals surface area contributed by atoms with Crippen LogP contribution in [-0.2, 0) is 0 Å². The average molecular weight is 255 g/mol. The topological polar surface area (TPSA) is 33.1 Å². The van der Waals surface area contributed by atoms with Crippen molar-refractivity contribution in [3.8, 4) is 0 Å².